The molecule has 8 rings (SSSR count). The van der Waals surface area contributed by atoms with E-state index in [9.17, 15) is 79.2 Å². The number of nitrogens with two attached hydrogens (primary N) is 1. The van der Waals surface area contributed by atoms with Crippen LogP contribution in [0, 0.1) is 13.8 Å². The number of H-pyrrole nitrogens is 1. The average Bonchev–Trinajstić information content (AvgIpc) is 1.81. The molecule has 0 radical (unpaired) electrons. The van der Waals surface area contributed by atoms with Gasteiger partial charge in [0.15, 0.2) is 16.8 Å². The molecule has 0 fully saturated rings. The summed E-state index contributed by atoms with van der Waals surface area (Å²) in [7, 11) is -14.7. The third-order valence-electron chi connectivity index (χ3n) is 12.0. The quantitative estimate of drug-likeness (QED) is 0.0250. The third-order valence-corrected chi connectivity index (χ3v) is 15.5. The molecule has 0 bridgehead atoms. The number of carbonyl (C=O) groups is 2. The molecule has 3 N–H and O–H groups in total. The van der Waals surface area contributed by atoms with Gasteiger partial charge in [-0.1, -0.05) is 57.2 Å². The number of aromatic nitrogens is 8. The van der Waals surface area contributed by atoms with Crippen LogP contribution in [0.1, 0.15) is 69.1 Å². The zero-order valence-corrected chi connectivity index (χ0v) is 53.9. The van der Waals surface area contributed by atoms with Gasteiger partial charge in [-0.25, -0.2) is 19.0 Å². The fourth-order valence-corrected chi connectivity index (χ4v) is 9.30. The van der Waals surface area contributed by atoms with Crippen LogP contribution in [0.2, 0.25) is 0 Å². The van der Waals surface area contributed by atoms with E-state index < -0.39 is 58.6 Å². The first-order valence-corrected chi connectivity index (χ1v) is 31.3. The number of nitrogens with one attached hydrogen (secondary N) is 1. The number of alkyl halides is 9. The van der Waals surface area contributed by atoms with Gasteiger partial charge in [0.2, 0.25) is 0 Å². The molecule has 25 nitrogen and oxygen atoms in total. The second kappa shape index (κ2) is 34.7. The van der Waals surface area contributed by atoms with Crippen molar-refractivity contribution in [3.63, 3.8) is 0 Å². The zero-order chi connectivity index (χ0) is 70.3. The number of hydrogen-bond acceptors (Lipinski definition) is 21. The summed E-state index contributed by atoms with van der Waals surface area (Å²) >= 11 is 0. The average molecular weight is 1390 g/mol. The van der Waals surface area contributed by atoms with E-state index in [4.69, 9.17) is 19.9 Å². The molecule has 0 atom stereocenters. The number of Topliss-reactive ketones (excluding diaryl/α,β-unsaturated/α-hetero) is 1. The summed E-state index contributed by atoms with van der Waals surface area (Å²) in [6.07, 6.45) is 4.41. The van der Waals surface area contributed by atoms with E-state index in [0.29, 0.717) is 36.6 Å². The van der Waals surface area contributed by atoms with Crippen LogP contribution >= 0.6 is 0 Å². The highest BCUT2D eigenvalue weighted by Crippen LogP contribution is 2.34. The Morgan fingerprint density at radius 3 is 1.39 bits per heavy atom. The molecule has 93 heavy (non-hydrogen) atoms. The van der Waals surface area contributed by atoms with Crippen LogP contribution in [-0.2, 0) is 67.9 Å². The number of halogens is 9. The fraction of sp³-hybridized carbons (Fsp3) is 0.375. The number of carbonyl (C=O) groups excluding carboxylic acids is 2. The highest BCUT2D eigenvalue weighted by molar-refractivity contribution is 8.00. The molecular weight excluding hydrogens is 1320 g/mol. The van der Waals surface area contributed by atoms with Gasteiger partial charge in [-0.05, 0) is 106 Å². The molecule has 0 aliphatic carbocycles. The predicted molar refractivity (Wildman–Crippen MR) is 322 cm³/mol. The van der Waals surface area contributed by atoms with Crippen LogP contribution in [0.25, 0.3) is 22.1 Å². The number of esters is 1. The van der Waals surface area contributed by atoms with Crippen molar-refractivity contribution in [3.8, 4) is 23.0 Å². The Kier molecular flexibility index (Phi) is 29.3. The monoisotopic (exact) mass is 1390 g/mol. The molecule has 0 aliphatic rings. The molecule has 8 aromatic rings. The second-order valence-electron chi connectivity index (χ2n) is 18.8. The van der Waals surface area contributed by atoms with E-state index >= 15 is 0 Å². The minimum atomic E-state index is -6.85. The lowest BCUT2D eigenvalue weighted by Crippen LogP contribution is -2.34. The van der Waals surface area contributed by atoms with Crippen molar-refractivity contribution in [2.75, 3.05) is 53.3 Å². The van der Waals surface area contributed by atoms with E-state index in [0.717, 1.165) is 45.6 Å². The Balaban J connectivity index is 0.000000306. The summed E-state index contributed by atoms with van der Waals surface area (Å²) < 4.78 is 200. The van der Waals surface area contributed by atoms with Gasteiger partial charge in [-0.15, -0.1) is 3.63 Å². The molecule has 3 aromatic carbocycles. The Morgan fingerprint density at radius 1 is 0.591 bits per heavy atom. The summed E-state index contributed by atoms with van der Waals surface area (Å²) in [5, 5.41) is 13.2. The number of aromatic amines is 1. The van der Waals surface area contributed by atoms with Crippen molar-refractivity contribution in [1.29, 1.82) is 0 Å². The predicted octanol–water partition coefficient (Wildman–Crippen LogP) is 9.22. The summed E-state index contributed by atoms with van der Waals surface area (Å²) in [6, 6.07) is 27.2. The van der Waals surface area contributed by atoms with Crippen LogP contribution in [0.5, 0.6) is 23.0 Å². The van der Waals surface area contributed by atoms with Gasteiger partial charge in [0.05, 0.1) is 76.9 Å². The van der Waals surface area contributed by atoms with Crippen LogP contribution in [0.15, 0.2) is 114 Å². The number of ether oxygens (including phenoxy) is 4. The van der Waals surface area contributed by atoms with Crippen molar-refractivity contribution >= 4 is 70.0 Å². The van der Waals surface area contributed by atoms with Gasteiger partial charge in [-0.3, -0.25) is 14.4 Å². The first kappa shape index (κ1) is 78.4. The van der Waals surface area contributed by atoms with Gasteiger partial charge in [0.1, 0.15) is 40.9 Å². The Hall–Kier alpha value is -8.81. The molecule has 0 spiro atoms. The van der Waals surface area contributed by atoms with E-state index in [1.54, 1.807) is 86.4 Å². The largest absolute Gasteiger partial charge is 0.534 e. The number of nitrogens with zero attached hydrogens (tertiary/aromatic N) is 8. The van der Waals surface area contributed by atoms with E-state index in [2.05, 4.69) is 59.9 Å². The van der Waals surface area contributed by atoms with E-state index in [-0.39, 0.29) is 40.9 Å². The van der Waals surface area contributed by atoms with E-state index in [1.165, 1.54) is 44.4 Å². The topological polar surface area (TPSA) is 320 Å². The van der Waals surface area contributed by atoms with Gasteiger partial charge < -0.3 is 38.7 Å². The first-order valence-electron chi connectivity index (χ1n) is 27.1. The molecule has 0 unspecified atom stereocenters. The molecule has 512 valence electrons. The Morgan fingerprint density at radius 2 is 1.01 bits per heavy atom. The maximum Gasteiger partial charge on any atom is 0.534 e. The summed E-state index contributed by atoms with van der Waals surface area (Å²) in [4.78, 5) is 42.3. The van der Waals surface area contributed by atoms with Gasteiger partial charge in [0, 0.05) is 23.5 Å². The van der Waals surface area contributed by atoms with Gasteiger partial charge >= 0.3 is 52.8 Å². The number of pyridine rings is 2. The fourth-order valence-electron chi connectivity index (χ4n) is 7.27. The minimum Gasteiger partial charge on any atom is -0.497 e. The summed E-state index contributed by atoms with van der Waals surface area (Å²) in [6.45, 7) is 18.5. The van der Waals surface area contributed by atoms with Crippen LogP contribution in [0.3, 0.4) is 0 Å². The van der Waals surface area contributed by atoms with Crippen LogP contribution < -0.4 is 29.6 Å². The zero-order valence-electron chi connectivity index (χ0n) is 51.5. The van der Waals surface area contributed by atoms with Gasteiger partial charge in [-0.2, -0.15) is 80.1 Å². The van der Waals surface area contributed by atoms with E-state index in [1.807, 2.05) is 59.1 Å². The summed E-state index contributed by atoms with van der Waals surface area (Å²) in [5.74, 6) is 1.95. The summed E-state index contributed by atoms with van der Waals surface area (Å²) in [5.41, 5.74) is -7.17. The third kappa shape index (κ3) is 24.3. The Bertz CT molecular complexity index is 4060. The number of fused-ring (bicyclic) bond motifs is 2. The van der Waals surface area contributed by atoms with Crippen molar-refractivity contribution in [2.45, 2.75) is 91.0 Å². The molecule has 5 heterocycles. The maximum atomic E-state index is 12.6. The molecule has 0 saturated carbocycles. The lowest BCUT2D eigenvalue weighted by molar-refractivity contribution is -0.145. The number of methoxy groups -OCH3 is 3. The molecule has 0 amide bonds. The lowest BCUT2D eigenvalue weighted by atomic mass is 10.2. The highest BCUT2D eigenvalue weighted by atomic mass is 32.3. The SMILES string of the molecule is CCN(CC)CC.CCOC(=O)CC(C)=O.COc1ccc(Cn2ncc3c(=O)cc(C)[nH]c32)cc1.COc1ccc(Cn2ncc3c(OS(=O)(=O)C(F)(F)F)cc(C)nc32)cc1.COc1ccc(Cn2nccc2N)cc1.O=S(=O)(OS(=O)(=O)C(F)(F)F)C(F)(F)F. The van der Waals surface area contributed by atoms with Crippen molar-refractivity contribution in [3.05, 3.63) is 148 Å². The number of aryl methyl sites for hydroxylation is 2. The number of ketones is 1. The number of hydrogen-bond donors (Lipinski definition) is 2. The molecule has 0 aliphatic heterocycles. The number of benzene rings is 3. The minimum absolute atomic E-state index is 0.00256. The van der Waals surface area contributed by atoms with Crippen molar-refractivity contribution in [1.82, 2.24) is 44.2 Å². The standard InChI is InChI=1S/C16H14F3N3O4S.C15H15N3O2.C11H13N3O.C6H15N.C6H10O3.C2F6O5S2/c1-10-7-14(26-27(23,24)16(17,18)19)13-8-20-22(15(13)21-10)9-11-3-5-12(25-2)6-4-11;1-10-7-14(19)13-8-16-18(15(13)17-10)9-11-3-5-12(20-2)6-4-11;1-15-10-4-2-9(3-5-10)8-14-11(12)6-7-13-14;1-4-7(5-2)6-3;1-3-9-6(8)4-5(2)7;3-1(4,5)14(9,10)13-15(11,12)2(6,7)8/h3-8H,9H2,1-2H3;3-8H,9H2,1-2H3,(H,17,19);2-7H,8,12H2,1H3;4-6H2,1-3H3;3-4H2,1-2H3;. The normalized spacial score (nSPS) is 11.7. The van der Waals surface area contributed by atoms with Crippen LogP contribution in [0.4, 0.5) is 45.3 Å². The Labute approximate surface area is 528 Å². The first-order chi connectivity index (χ1) is 43.3. The number of anilines is 1. The smallest absolute Gasteiger partial charge is 0.497 e. The van der Waals surface area contributed by atoms with Crippen molar-refractivity contribution in [2.24, 2.45) is 0 Å². The van der Waals surface area contributed by atoms with Crippen molar-refractivity contribution < 1.29 is 101 Å². The van der Waals surface area contributed by atoms with Crippen LogP contribution in [-0.4, -0.2) is 145 Å². The molecule has 0 saturated heterocycles. The van der Waals surface area contributed by atoms with Gasteiger partial charge in [0.25, 0.3) is 0 Å². The molecular formula is C56H67F9N10O15S3. The molecule has 37 heteroatoms. The lowest BCUT2D eigenvalue weighted by Gasteiger charge is -2.13. The maximum absolute atomic E-state index is 12.6. The molecule has 5 aromatic heterocycles. The number of nitrogen functional groups attached to an aromatic ring is 1. The number of rotatable bonds is 19. The second-order valence-corrected chi connectivity index (χ2v) is 23.6. The highest BCUT2D eigenvalue weighted by Gasteiger charge is 2.57.